The van der Waals surface area contributed by atoms with E-state index in [-0.39, 0.29) is 31.1 Å². The Kier molecular flexibility index (Phi) is 3.03. The van der Waals surface area contributed by atoms with Gasteiger partial charge in [0.25, 0.3) is 0 Å². The summed E-state index contributed by atoms with van der Waals surface area (Å²) in [6.45, 7) is 0. The van der Waals surface area contributed by atoms with Crippen LogP contribution in [0.3, 0.4) is 0 Å². The number of anilines is 1. The second-order valence-electron chi connectivity index (χ2n) is 6.61. The highest BCUT2D eigenvalue weighted by Crippen LogP contribution is 2.59. The fourth-order valence-electron chi connectivity index (χ4n) is 3.92. The first-order chi connectivity index (χ1) is 11.4. The van der Waals surface area contributed by atoms with Crippen molar-refractivity contribution < 1.29 is 24.3 Å². The van der Waals surface area contributed by atoms with Gasteiger partial charge in [0.1, 0.15) is 6.04 Å². The molecular formula is C17H16N2O5. The van der Waals surface area contributed by atoms with Crippen molar-refractivity contribution in [3.8, 4) is 0 Å². The molecule has 1 aliphatic carbocycles. The van der Waals surface area contributed by atoms with E-state index < -0.39 is 23.3 Å². The number of amides is 3. The van der Waals surface area contributed by atoms with Crippen LogP contribution in [-0.2, 0) is 31.0 Å². The molecule has 1 unspecified atom stereocenters. The molecule has 124 valence electrons. The summed E-state index contributed by atoms with van der Waals surface area (Å²) in [5, 5.41) is 11.4. The summed E-state index contributed by atoms with van der Waals surface area (Å²) in [6, 6.07) is 4.49. The van der Waals surface area contributed by atoms with Gasteiger partial charge in [-0.15, -0.1) is 0 Å². The monoisotopic (exact) mass is 328 g/mol. The summed E-state index contributed by atoms with van der Waals surface area (Å²) in [6.07, 6.45) is 1.66. The number of carboxylic acid groups (broad SMARTS) is 1. The summed E-state index contributed by atoms with van der Waals surface area (Å²) in [5.41, 5.74) is 1.32. The maximum atomic E-state index is 13.0. The Morgan fingerprint density at radius 1 is 1.29 bits per heavy atom. The molecule has 2 N–H and O–H groups in total. The number of carbonyl (C=O) groups is 4. The zero-order valence-electron chi connectivity index (χ0n) is 12.9. The molecule has 3 amide bonds. The smallest absolute Gasteiger partial charge is 0.307 e. The second-order valence-corrected chi connectivity index (χ2v) is 6.61. The average molecular weight is 328 g/mol. The van der Waals surface area contributed by atoms with E-state index >= 15 is 0 Å². The van der Waals surface area contributed by atoms with Crippen LogP contribution in [0.2, 0.25) is 0 Å². The quantitative estimate of drug-likeness (QED) is 0.786. The van der Waals surface area contributed by atoms with Crippen LogP contribution < -0.4 is 10.2 Å². The number of fused-ring (bicyclic) bond motifs is 2. The van der Waals surface area contributed by atoms with Gasteiger partial charge < -0.3 is 5.11 Å². The number of aliphatic carboxylic acids is 1. The Morgan fingerprint density at radius 3 is 2.67 bits per heavy atom. The number of hydrogen-bond acceptors (Lipinski definition) is 4. The average Bonchev–Trinajstić information content (AvgIpc) is 3.26. The van der Waals surface area contributed by atoms with Crippen LogP contribution in [0.15, 0.2) is 18.2 Å². The van der Waals surface area contributed by atoms with Gasteiger partial charge in [0.15, 0.2) is 0 Å². The third-order valence-corrected chi connectivity index (χ3v) is 5.11. The molecule has 3 aliphatic rings. The first-order valence-electron chi connectivity index (χ1n) is 7.95. The highest BCUT2D eigenvalue weighted by atomic mass is 16.4. The standard InChI is InChI=1S/C17H16N2O5/c20-12-5-4-11(15(23)18-12)19-10-3-1-2-9(8-13(21)22)14(10)17(6-7-17)16(19)24/h1-3,11H,4-8H2,(H,21,22)(H,18,20,23). The molecule has 0 aromatic heterocycles. The Hall–Kier alpha value is -2.70. The van der Waals surface area contributed by atoms with Crippen LogP contribution in [0, 0.1) is 0 Å². The molecule has 7 nitrogen and oxygen atoms in total. The van der Waals surface area contributed by atoms with E-state index in [4.69, 9.17) is 5.11 Å². The molecule has 1 saturated heterocycles. The molecule has 1 atom stereocenters. The lowest BCUT2D eigenvalue weighted by atomic mass is 9.91. The lowest BCUT2D eigenvalue weighted by Crippen LogP contribution is -2.54. The molecule has 1 saturated carbocycles. The molecule has 2 fully saturated rings. The second kappa shape index (κ2) is 4.90. The molecular weight excluding hydrogens is 312 g/mol. The Bertz CT molecular complexity index is 796. The largest absolute Gasteiger partial charge is 0.481 e. The van der Waals surface area contributed by atoms with Crippen LogP contribution in [0.1, 0.15) is 36.8 Å². The Balaban J connectivity index is 1.80. The number of nitrogens with one attached hydrogen (secondary N) is 1. The Morgan fingerprint density at radius 2 is 2.04 bits per heavy atom. The van der Waals surface area contributed by atoms with Gasteiger partial charge in [-0.2, -0.15) is 0 Å². The molecule has 1 aromatic rings. The third-order valence-electron chi connectivity index (χ3n) is 5.11. The minimum atomic E-state index is -0.953. The normalized spacial score (nSPS) is 24.1. The van der Waals surface area contributed by atoms with Crippen molar-refractivity contribution in [2.24, 2.45) is 0 Å². The fourth-order valence-corrected chi connectivity index (χ4v) is 3.92. The highest BCUT2D eigenvalue weighted by molar-refractivity contribution is 6.15. The first-order valence-corrected chi connectivity index (χ1v) is 7.95. The maximum Gasteiger partial charge on any atom is 0.307 e. The van der Waals surface area contributed by atoms with Crippen molar-refractivity contribution in [1.29, 1.82) is 0 Å². The lowest BCUT2D eigenvalue weighted by Gasteiger charge is -2.30. The molecule has 1 aromatic carbocycles. The molecule has 0 bridgehead atoms. The van der Waals surface area contributed by atoms with Crippen molar-refractivity contribution in [1.82, 2.24) is 5.32 Å². The topological polar surface area (TPSA) is 104 Å². The van der Waals surface area contributed by atoms with Crippen molar-refractivity contribution in [3.63, 3.8) is 0 Å². The summed E-state index contributed by atoms with van der Waals surface area (Å²) in [7, 11) is 0. The molecule has 4 rings (SSSR count). The number of piperidine rings is 1. The molecule has 2 heterocycles. The number of carbonyl (C=O) groups excluding carboxylic acids is 3. The number of nitrogens with zero attached hydrogens (tertiary/aromatic N) is 1. The fraction of sp³-hybridized carbons (Fsp3) is 0.412. The van der Waals surface area contributed by atoms with Crippen LogP contribution in [0.5, 0.6) is 0 Å². The van der Waals surface area contributed by atoms with E-state index in [9.17, 15) is 19.2 Å². The van der Waals surface area contributed by atoms with Gasteiger partial charge in [-0.05, 0) is 36.5 Å². The van der Waals surface area contributed by atoms with Crippen LogP contribution in [0.25, 0.3) is 0 Å². The van der Waals surface area contributed by atoms with E-state index in [2.05, 4.69) is 5.32 Å². The van der Waals surface area contributed by atoms with Crippen molar-refractivity contribution in [2.45, 2.75) is 43.6 Å². The first kappa shape index (κ1) is 14.9. The number of imide groups is 1. The molecule has 1 spiro atoms. The molecule has 7 heteroatoms. The summed E-state index contributed by atoms with van der Waals surface area (Å²) < 4.78 is 0. The van der Waals surface area contributed by atoms with Gasteiger partial charge in [0.05, 0.1) is 11.8 Å². The van der Waals surface area contributed by atoms with Gasteiger partial charge in [-0.3, -0.25) is 29.4 Å². The maximum absolute atomic E-state index is 13.0. The van der Waals surface area contributed by atoms with Gasteiger partial charge in [0, 0.05) is 12.1 Å². The molecule has 2 aliphatic heterocycles. The Labute approximate surface area is 137 Å². The zero-order chi connectivity index (χ0) is 17.1. The number of hydrogen-bond donors (Lipinski definition) is 2. The zero-order valence-corrected chi connectivity index (χ0v) is 12.9. The predicted molar refractivity (Wildman–Crippen MR) is 82.4 cm³/mol. The molecule has 24 heavy (non-hydrogen) atoms. The SMILES string of the molecule is O=C(O)Cc1cccc2c1C1(CC1)C(=O)N2C1CCC(=O)NC1=O. The van der Waals surface area contributed by atoms with Gasteiger partial charge in [0.2, 0.25) is 17.7 Å². The van der Waals surface area contributed by atoms with Crippen molar-refractivity contribution in [3.05, 3.63) is 29.3 Å². The van der Waals surface area contributed by atoms with E-state index in [0.29, 0.717) is 24.1 Å². The van der Waals surface area contributed by atoms with Crippen molar-refractivity contribution >= 4 is 29.4 Å². The van der Waals surface area contributed by atoms with Crippen molar-refractivity contribution in [2.75, 3.05) is 4.90 Å². The van der Waals surface area contributed by atoms with Gasteiger partial charge in [-0.25, -0.2) is 0 Å². The summed E-state index contributed by atoms with van der Waals surface area (Å²) in [4.78, 5) is 49.3. The van der Waals surface area contributed by atoms with Crippen LogP contribution in [0.4, 0.5) is 5.69 Å². The van der Waals surface area contributed by atoms with E-state index in [0.717, 1.165) is 5.56 Å². The van der Waals surface area contributed by atoms with Gasteiger partial charge >= 0.3 is 5.97 Å². The minimum Gasteiger partial charge on any atom is -0.481 e. The van der Waals surface area contributed by atoms with E-state index in [1.54, 1.807) is 18.2 Å². The van der Waals surface area contributed by atoms with Crippen LogP contribution in [-0.4, -0.2) is 34.8 Å². The number of benzene rings is 1. The van der Waals surface area contributed by atoms with Crippen LogP contribution >= 0.6 is 0 Å². The van der Waals surface area contributed by atoms with E-state index in [1.165, 1.54) is 4.90 Å². The summed E-state index contributed by atoms with van der Waals surface area (Å²) >= 11 is 0. The lowest BCUT2D eigenvalue weighted by molar-refractivity contribution is -0.137. The number of rotatable bonds is 3. The third kappa shape index (κ3) is 1.97. The van der Waals surface area contributed by atoms with E-state index in [1.807, 2.05) is 0 Å². The highest BCUT2D eigenvalue weighted by Gasteiger charge is 2.61. The summed E-state index contributed by atoms with van der Waals surface area (Å²) in [5.74, 6) is -1.90. The molecule has 0 radical (unpaired) electrons. The van der Waals surface area contributed by atoms with Gasteiger partial charge in [-0.1, -0.05) is 12.1 Å². The minimum absolute atomic E-state index is 0.148. The number of carboxylic acids is 1. The predicted octanol–water partition coefficient (Wildman–Crippen LogP) is 0.497.